The molecule has 2 rings (SSSR count). The van der Waals surface area contributed by atoms with E-state index in [0.29, 0.717) is 5.56 Å². The molecule has 0 atom stereocenters. The lowest BCUT2D eigenvalue weighted by Crippen LogP contribution is -1.97. The van der Waals surface area contributed by atoms with E-state index in [1.54, 1.807) is 0 Å². The van der Waals surface area contributed by atoms with Crippen LogP contribution in [-0.2, 0) is 0 Å². The minimum atomic E-state index is -0.597. The van der Waals surface area contributed by atoms with E-state index >= 15 is 0 Å². The van der Waals surface area contributed by atoms with Crippen LogP contribution in [0.15, 0.2) is 36.5 Å². The first-order chi connectivity index (χ1) is 9.49. The van der Waals surface area contributed by atoms with Crippen LogP contribution in [-0.4, -0.2) is 15.7 Å². The highest BCUT2D eigenvalue weighted by molar-refractivity contribution is 6.32. The maximum atomic E-state index is 11.2. The highest BCUT2D eigenvalue weighted by atomic mass is 35.5. The normalized spacial score (nSPS) is 10.1. The third-order valence-electron chi connectivity index (χ3n) is 2.49. The third kappa shape index (κ3) is 2.92. The van der Waals surface area contributed by atoms with Crippen LogP contribution in [0.3, 0.4) is 0 Å². The maximum absolute atomic E-state index is 11.2. The summed E-state index contributed by atoms with van der Waals surface area (Å²) in [7, 11) is 0. The molecule has 0 spiro atoms. The number of nitro groups is 1. The van der Waals surface area contributed by atoms with Crippen molar-refractivity contribution in [2.24, 2.45) is 0 Å². The standard InChI is InChI=1S/C13H9ClN2O4/c1-8(17)9-4-5-12(10(14)7-9)20-13-11(16(18)19)3-2-6-15-13/h2-7H,1H3. The quantitative estimate of drug-likeness (QED) is 0.488. The van der Waals surface area contributed by atoms with Gasteiger partial charge in [-0.05, 0) is 31.2 Å². The molecule has 0 aliphatic carbocycles. The van der Waals surface area contributed by atoms with Gasteiger partial charge in [0.25, 0.3) is 5.88 Å². The second kappa shape index (κ2) is 5.66. The molecule has 0 unspecified atom stereocenters. The summed E-state index contributed by atoms with van der Waals surface area (Å²) in [6.45, 7) is 1.41. The predicted octanol–water partition coefficient (Wildman–Crippen LogP) is 3.64. The van der Waals surface area contributed by atoms with Crippen LogP contribution in [0.5, 0.6) is 11.6 Å². The third-order valence-corrected chi connectivity index (χ3v) is 2.79. The molecule has 2 aromatic rings. The maximum Gasteiger partial charge on any atom is 0.331 e. The molecule has 0 aliphatic heterocycles. The van der Waals surface area contributed by atoms with E-state index in [2.05, 4.69) is 4.98 Å². The van der Waals surface area contributed by atoms with Crippen molar-refractivity contribution in [3.63, 3.8) is 0 Å². The fraction of sp³-hybridized carbons (Fsp3) is 0.0769. The molecule has 6 nitrogen and oxygen atoms in total. The Morgan fingerprint density at radius 3 is 2.75 bits per heavy atom. The molecule has 0 amide bonds. The molecule has 102 valence electrons. The number of rotatable bonds is 4. The van der Waals surface area contributed by atoms with Crippen LogP contribution >= 0.6 is 11.6 Å². The van der Waals surface area contributed by atoms with Gasteiger partial charge in [-0.2, -0.15) is 0 Å². The van der Waals surface area contributed by atoms with E-state index < -0.39 is 4.92 Å². The zero-order valence-electron chi connectivity index (χ0n) is 10.4. The van der Waals surface area contributed by atoms with Gasteiger partial charge in [0.2, 0.25) is 0 Å². The van der Waals surface area contributed by atoms with Gasteiger partial charge in [0, 0.05) is 17.8 Å². The second-order valence-electron chi connectivity index (χ2n) is 3.89. The molecule has 0 bridgehead atoms. The summed E-state index contributed by atoms with van der Waals surface area (Å²) in [4.78, 5) is 25.3. The summed E-state index contributed by atoms with van der Waals surface area (Å²) >= 11 is 5.98. The minimum absolute atomic E-state index is 0.137. The zero-order chi connectivity index (χ0) is 14.7. The fourth-order valence-electron chi connectivity index (χ4n) is 1.51. The van der Waals surface area contributed by atoms with Crippen molar-refractivity contribution >= 4 is 23.1 Å². The largest absolute Gasteiger partial charge is 0.432 e. The Hall–Kier alpha value is -2.47. The molecular formula is C13H9ClN2O4. The van der Waals surface area contributed by atoms with Gasteiger partial charge in [0.05, 0.1) is 9.95 Å². The number of pyridine rings is 1. The van der Waals surface area contributed by atoms with E-state index in [0.717, 1.165) is 0 Å². The number of Topliss-reactive ketones (excluding diaryl/α,β-unsaturated/α-hetero) is 1. The number of hydrogen-bond donors (Lipinski definition) is 0. The highest BCUT2D eigenvalue weighted by Gasteiger charge is 2.17. The van der Waals surface area contributed by atoms with Gasteiger partial charge in [-0.15, -0.1) is 0 Å². The Bertz CT molecular complexity index is 688. The topological polar surface area (TPSA) is 82.3 Å². The highest BCUT2D eigenvalue weighted by Crippen LogP contribution is 2.33. The smallest absolute Gasteiger partial charge is 0.331 e. The van der Waals surface area contributed by atoms with E-state index in [1.165, 1.54) is 43.5 Å². The molecule has 20 heavy (non-hydrogen) atoms. The molecule has 0 fully saturated rings. The monoisotopic (exact) mass is 292 g/mol. The minimum Gasteiger partial charge on any atom is -0.432 e. The van der Waals surface area contributed by atoms with Crippen molar-refractivity contribution in [2.45, 2.75) is 6.92 Å². The van der Waals surface area contributed by atoms with Gasteiger partial charge in [-0.1, -0.05) is 11.6 Å². The van der Waals surface area contributed by atoms with Gasteiger partial charge in [0.1, 0.15) is 5.75 Å². The number of nitrogens with zero attached hydrogens (tertiary/aromatic N) is 2. The number of carbonyl (C=O) groups excluding carboxylic acids is 1. The number of halogens is 1. The summed E-state index contributed by atoms with van der Waals surface area (Å²) in [6, 6.07) is 7.15. The Labute approximate surface area is 119 Å². The SMILES string of the molecule is CC(=O)c1ccc(Oc2ncccc2[N+](=O)[O-])c(Cl)c1. The van der Waals surface area contributed by atoms with Crippen molar-refractivity contribution in [3.05, 3.63) is 57.2 Å². The molecule has 1 aromatic carbocycles. The van der Waals surface area contributed by atoms with E-state index in [1.807, 2.05) is 0 Å². The van der Waals surface area contributed by atoms with Gasteiger partial charge in [-0.25, -0.2) is 4.98 Å². The van der Waals surface area contributed by atoms with E-state index in [4.69, 9.17) is 16.3 Å². The fourth-order valence-corrected chi connectivity index (χ4v) is 1.73. The molecule has 7 heteroatoms. The first kappa shape index (κ1) is 14.0. The van der Waals surface area contributed by atoms with Crippen molar-refractivity contribution < 1.29 is 14.5 Å². The Morgan fingerprint density at radius 2 is 2.15 bits per heavy atom. The molecular weight excluding hydrogens is 284 g/mol. The molecule has 0 saturated heterocycles. The number of hydrogen-bond acceptors (Lipinski definition) is 5. The lowest BCUT2D eigenvalue weighted by molar-refractivity contribution is -0.386. The first-order valence-electron chi connectivity index (χ1n) is 5.57. The van der Waals surface area contributed by atoms with Crippen LogP contribution < -0.4 is 4.74 Å². The number of ketones is 1. The molecule has 0 radical (unpaired) electrons. The Morgan fingerprint density at radius 1 is 1.40 bits per heavy atom. The average molecular weight is 293 g/mol. The van der Waals surface area contributed by atoms with E-state index in [-0.39, 0.29) is 28.1 Å². The van der Waals surface area contributed by atoms with Gasteiger partial charge >= 0.3 is 5.69 Å². The van der Waals surface area contributed by atoms with E-state index in [9.17, 15) is 14.9 Å². The zero-order valence-corrected chi connectivity index (χ0v) is 11.1. The van der Waals surface area contributed by atoms with Crippen molar-refractivity contribution in [1.29, 1.82) is 0 Å². The molecule has 1 aromatic heterocycles. The number of aromatic nitrogens is 1. The van der Waals surface area contributed by atoms with Crippen molar-refractivity contribution in [1.82, 2.24) is 4.98 Å². The van der Waals surface area contributed by atoms with Gasteiger partial charge in [0.15, 0.2) is 5.78 Å². The predicted molar refractivity (Wildman–Crippen MR) is 72.4 cm³/mol. The summed E-state index contributed by atoms with van der Waals surface area (Å²) in [5, 5.41) is 11.0. The van der Waals surface area contributed by atoms with Crippen molar-refractivity contribution in [2.75, 3.05) is 0 Å². The summed E-state index contributed by atoms with van der Waals surface area (Å²) in [6.07, 6.45) is 1.38. The lowest BCUT2D eigenvalue weighted by Gasteiger charge is -2.07. The second-order valence-corrected chi connectivity index (χ2v) is 4.30. The first-order valence-corrected chi connectivity index (χ1v) is 5.94. The summed E-state index contributed by atoms with van der Waals surface area (Å²) < 4.78 is 5.34. The molecule has 0 aliphatic rings. The summed E-state index contributed by atoms with van der Waals surface area (Å²) in [5.74, 6) is -0.101. The van der Waals surface area contributed by atoms with Crippen molar-refractivity contribution in [3.8, 4) is 11.6 Å². The Balaban J connectivity index is 2.36. The van der Waals surface area contributed by atoms with Gasteiger partial charge < -0.3 is 4.74 Å². The number of benzene rings is 1. The summed E-state index contributed by atoms with van der Waals surface area (Å²) in [5.41, 5.74) is 0.164. The number of carbonyl (C=O) groups is 1. The van der Waals surface area contributed by atoms with Crippen LogP contribution in [0.1, 0.15) is 17.3 Å². The molecule has 0 saturated carbocycles. The van der Waals surface area contributed by atoms with Crippen LogP contribution in [0, 0.1) is 10.1 Å². The average Bonchev–Trinajstić information content (AvgIpc) is 2.41. The molecule has 0 N–H and O–H groups in total. The lowest BCUT2D eigenvalue weighted by atomic mass is 10.1. The Kier molecular flexibility index (Phi) is 3.95. The van der Waals surface area contributed by atoms with Crippen LogP contribution in [0.25, 0.3) is 0 Å². The molecule has 1 heterocycles. The number of ether oxygens (including phenoxy) is 1. The van der Waals surface area contributed by atoms with Gasteiger partial charge in [-0.3, -0.25) is 14.9 Å². The van der Waals surface area contributed by atoms with Crippen LogP contribution in [0.2, 0.25) is 5.02 Å². The van der Waals surface area contributed by atoms with Crippen LogP contribution in [0.4, 0.5) is 5.69 Å².